The standard InChI is InChI=1S/C36H23O2PS.C4H6/c40-39-33-18-10-17-29(26-15-8-3-9-16-26)35(33)38-32-22-28(25-13-6-2-7-14-25)21-31(36(32)39)37-30-20-19-27(23-34(30)39)24-11-4-1-5-12-24;1-3-4-2/h1-23H;3-4H,1-2H2. The van der Waals surface area contributed by atoms with Crippen molar-refractivity contribution in [2.45, 2.75) is 0 Å². The number of benzene rings is 6. The van der Waals surface area contributed by atoms with Crippen LogP contribution < -0.4 is 25.4 Å². The van der Waals surface area contributed by atoms with Gasteiger partial charge in [0.2, 0.25) is 0 Å². The van der Waals surface area contributed by atoms with Crippen molar-refractivity contribution in [1.82, 2.24) is 0 Å². The summed E-state index contributed by atoms with van der Waals surface area (Å²) in [6.45, 7) is 6.72. The molecular formula is C40H29O2PS. The predicted octanol–water partition coefficient (Wildman–Crippen LogP) is 10.0. The summed E-state index contributed by atoms with van der Waals surface area (Å²) < 4.78 is 13.5. The fourth-order valence-electron chi connectivity index (χ4n) is 5.83. The van der Waals surface area contributed by atoms with Gasteiger partial charge in [-0.05, 0) is 58.1 Å². The van der Waals surface area contributed by atoms with Crippen LogP contribution in [0, 0.1) is 0 Å². The van der Waals surface area contributed by atoms with Crippen molar-refractivity contribution in [2.75, 3.05) is 0 Å². The van der Waals surface area contributed by atoms with Crippen molar-refractivity contribution in [2.24, 2.45) is 0 Å². The molecular weight excluding hydrogens is 575 g/mol. The SMILES string of the molecule is C=CC=C.S=P12c3cc(-c4ccccc4)ccc3Oc3cc(-c4ccccc4)cc(c31)Oc1c(-c3ccccc3)cccc12. The Kier molecular flexibility index (Phi) is 7.36. The molecule has 0 aromatic heterocycles. The molecule has 0 saturated heterocycles. The van der Waals surface area contributed by atoms with Crippen LogP contribution in [0.2, 0.25) is 0 Å². The third-order valence-corrected chi connectivity index (χ3v) is 12.7. The molecule has 2 nitrogen and oxygen atoms in total. The topological polar surface area (TPSA) is 18.5 Å². The first-order chi connectivity index (χ1) is 21.6. The monoisotopic (exact) mass is 604 g/mol. The normalized spacial score (nSPS) is 15.1. The number of allylic oxidation sites excluding steroid dienone is 2. The summed E-state index contributed by atoms with van der Waals surface area (Å²) in [7, 11) is 0. The molecule has 4 heteroatoms. The van der Waals surface area contributed by atoms with Crippen LogP contribution in [-0.2, 0) is 11.8 Å². The van der Waals surface area contributed by atoms with Gasteiger partial charge < -0.3 is 9.47 Å². The van der Waals surface area contributed by atoms with E-state index >= 15 is 0 Å². The van der Waals surface area contributed by atoms with Crippen molar-refractivity contribution >= 4 is 33.8 Å². The summed E-state index contributed by atoms with van der Waals surface area (Å²) >= 11 is 6.89. The van der Waals surface area contributed by atoms with Crippen LogP contribution in [0.4, 0.5) is 0 Å². The van der Waals surface area contributed by atoms with E-state index in [9.17, 15) is 0 Å². The lowest BCUT2D eigenvalue weighted by Gasteiger charge is -2.38. The largest absolute Gasteiger partial charge is 0.456 e. The predicted molar refractivity (Wildman–Crippen MR) is 189 cm³/mol. The lowest BCUT2D eigenvalue weighted by molar-refractivity contribution is 0.468. The van der Waals surface area contributed by atoms with Crippen molar-refractivity contribution in [3.8, 4) is 56.4 Å². The van der Waals surface area contributed by atoms with Crippen LogP contribution in [0.1, 0.15) is 0 Å². The smallest absolute Gasteiger partial charge is 0.144 e. The van der Waals surface area contributed by atoms with Gasteiger partial charge in [-0.15, -0.1) is 0 Å². The molecule has 6 aromatic rings. The Hall–Kier alpha value is -4.95. The lowest BCUT2D eigenvalue weighted by Crippen LogP contribution is -2.35. The Morgan fingerprint density at radius 1 is 0.477 bits per heavy atom. The summed E-state index contributed by atoms with van der Waals surface area (Å²) in [6.07, 6.45) is 3.28. The number of rotatable bonds is 4. The average molecular weight is 605 g/mol. The molecule has 8 rings (SSSR count). The van der Waals surface area contributed by atoms with Crippen molar-refractivity contribution in [3.63, 3.8) is 0 Å². The van der Waals surface area contributed by atoms with E-state index in [4.69, 9.17) is 21.3 Å². The molecule has 0 bridgehead atoms. The van der Waals surface area contributed by atoms with Gasteiger partial charge >= 0.3 is 0 Å². The van der Waals surface area contributed by atoms with E-state index in [2.05, 4.69) is 134 Å². The number of hydrogen-bond acceptors (Lipinski definition) is 3. The van der Waals surface area contributed by atoms with E-state index in [1.165, 1.54) is 0 Å². The number of para-hydroxylation sites is 1. The molecule has 1 atom stereocenters. The molecule has 1 unspecified atom stereocenters. The van der Waals surface area contributed by atoms with Crippen LogP contribution in [0.5, 0.6) is 23.0 Å². The summed E-state index contributed by atoms with van der Waals surface area (Å²) in [5.41, 5.74) is 6.59. The number of ether oxygens (including phenoxy) is 2. The molecule has 2 heterocycles. The Balaban J connectivity index is 0.000000739. The molecule has 0 amide bonds. The molecule has 2 aliphatic heterocycles. The molecule has 44 heavy (non-hydrogen) atoms. The Labute approximate surface area is 263 Å². The molecule has 0 fully saturated rings. The summed E-state index contributed by atoms with van der Waals surface area (Å²) in [5.74, 6) is 3.24. The fourth-order valence-corrected chi connectivity index (χ4v) is 10.3. The average Bonchev–Trinajstić information content (AvgIpc) is 3.09. The molecule has 2 aliphatic rings. The van der Waals surface area contributed by atoms with Gasteiger partial charge in [-0.2, -0.15) is 0 Å². The molecule has 0 N–H and O–H groups in total. The number of fused-ring (bicyclic) bond motifs is 4. The zero-order valence-electron chi connectivity index (χ0n) is 24.0. The van der Waals surface area contributed by atoms with Crippen LogP contribution in [-0.4, -0.2) is 0 Å². The first kappa shape index (κ1) is 27.9. The van der Waals surface area contributed by atoms with Gasteiger partial charge in [0.25, 0.3) is 0 Å². The Morgan fingerprint density at radius 3 is 1.66 bits per heavy atom. The van der Waals surface area contributed by atoms with E-state index in [1.807, 2.05) is 18.2 Å². The maximum Gasteiger partial charge on any atom is 0.144 e. The highest BCUT2D eigenvalue weighted by Gasteiger charge is 2.43. The quantitative estimate of drug-likeness (QED) is 0.147. The highest BCUT2D eigenvalue weighted by molar-refractivity contribution is 8.26. The van der Waals surface area contributed by atoms with Crippen LogP contribution in [0.15, 0.2) is 165 Å². The minimum absolute atomic E-state index is 0.784. The van der Waals surface area contributed by atoms with Gasteiger partial charge in [0, 0.05) is 16.2 Å². The van der Waals surface area contributed by atoms with E-state index in [1.54, 1.807) is 12.2 Å². The van der Waals surface area contributed by atoms with Crippen molar-refractivity contribution in [1.29, 1.82) is 0 Å². The first-order valence-electron chi connectivity index (χ1n) is 14.4. The minimum atomic E-state index is -2.54. The Morgan fingerprint density at radius 2 is 1.05 bits per heavy atom. The maximum absolute atomic E-state index is 6.89. The van der Waals surface area contributed by atoms with Gasteiger partial charge in [0.05, 0.1) is 11.3 Å². The molecule has 0 saturated carbocycles. The van der Waals surface area contributed by atoms with Gasteiger partial charge in [0.1, 0.15) is 23.0 Å². The summed E-state index contributed by atoms with van der Waals surface area (Å²) in [5, 5.41) is 3.14. The summed E-state index contributed by atoms with van der Waals surface area (Å²) in [6, 6.07) is 45.8. The van der Waals surface area contributed by atoms with E-state index in [-0.39, 0.29) is 0 Å². The highest BCUT2D eigenvalue weighted by atomic mass is 32.4. The Bertz CT molecular complexity index is 2060. The minimum Gasteiger partial charge on any atom is -0.456 e. The third-order valence-electron chi connectivity index (χ3n) is 7.88. The second-order valence-corrected chi connectivity index (χ2v) is 14.8. The van der Waals surface area contributed by atoms with Crippen LogP contribution in [0.25, 0.3) is 33.4 Å². The zero-order valence-corrected chi connectivity index (χ0v) is 25.7. The fraction of sp³-hybridized carbons (Fsp3) is 0. The van der Waals surface area contributed by atoms with Gasteiger partial charge in [-0.3, -0.25) is 0 Å². The van der Waals surface area contributed by atoms with Crippen LogP contribution >= 0.6 is 6.04 Å². The second-order valence-electron chi connectivity index (χ2n) is 10.5. The maximum atomic E-state index is 6.89. The molecule has 0 radical (unpaired) electrons. The zero-order chi connectivity index (χ0) is 30.1. The van der Waals surface area contributed by atoms with E-state index < -0.39 is 6.04 Å². The molecule has 6 aromatic carbocycles. The lowest BCUT2D eigenvalue weighted by atomic mass is 10.0. The highest BCUT2D eigenvalue weighted by Crippen LogP contribution is 2.60. The molecule has 212 valence electrons. The first-order valence-corrected chi connectivity index (χ1v) is 17.2. The third kappa shape index (κ3) is 4.72. The van der Waals surface area contributed by atoms with E-state index in [0.717, 1.165) is 72.3 Å². The second kappa shape index (κ2) is 11.6. The van der Waals surface area contributed by atoms with Gasteiger partial charge in [-0.25, -0.2) is 0 Å². The van der Waals surface area contributed by atoms with Crippen LogP contribution in [0.3, 0.4) is 0 Å². The van der Waals surface area contributed by atoms with Crippen molar-refractivity contribution in [3.05, 3.63) is 165 Å². The van der Waals surface area contributed by atoms with Crippen molar-refractivity contribution < 1.29 is 9.47 Å². The van der Waals surface area contributed by atoms with Gasteiger partial charge in [0.15, 0.2) is 0 Å². The summed E-state index contributed by atoms with van der Waals surface area (Å²) in [4.78, 5) is 0. The molecule has 0 aliphatic carbocycles. The number of hydrogen-bond donors (Lipinski definition) is 0. The van der Waals surface area contributed by atoms with Gasteiger partial charge in [-0.1, -0.05) is 146 Å². The van der Waals surface area contributed by atoms with E-state index in [0.29, 0.717) is 0 Å². The molecule has 0 spiro atoms.